The average Bonchev–Trinajstić information content (AvgIpc) is 3.03. The molecule has 2 amide bonds. The van der Waals surface area contributed by atoms with Crippen molar-refractivity contribution in [3.8, 4) is 5.75 Å². The monoisotopic (exact) mass is 416 g/mol. The molecule has 0 aliphatic carbocycles. The van der Waals surface area contributed by atoms with Gasteiger partial charge in [0.1, 0.15) is 5.75 Å². The third-order valence-corrected chi connectivity index (χ3v) is 4.91. The summed E-state index contributed by atoms with van der Waals surface area (Å²) < 4.78 is 6.59. The van der Waals surface area contributed by atoms with Crippen LogP contribution in [-0.2, 0) is 9.59 Å². The number of para-hydroxylation sites is 2. The Morgan fingerprint density at radius 3 is 2.73 bits per heavy atom. The molecule has 6 heteroatoms. The van der Waals surface area contributed by atoms with Gasteiger partial charge in [-0.15, -0.1) is 0 Å². The lowest BCUT2D eigenvalue weighted by atomic mass is 10.2. The number of carbonyl (C=O) groups excluding carboxylic acids is 2. The molecule has 0 saturated carbocycles. The zero-order valence-corrected chi connectivity index (χ0v) is 16.4. The maximum Gasteiger partial charge on any atom is 0.265 e. The third-order valence-electron chi connectivity index (χ3n) is 4.29. The highest BCUT2D eigenvalue weighted by atomic mass is 79.9. The zero-order chi connectivity index (χ0) is 18.7. The van der Waals surface area contributed by atoms with Crippen molar-refractivity contribution < 1.29 is 14.3 Å². The van der Waals surface area contributed by atoms with E-state index in [0.29, 0.717) is 24.4 Å². The highest BCUT2D eigenvalue weighted by molar-refractivity contribution is 9.10. The quantitative estimate of drug-likeness (QED) is 0.790. The van der Waals surface area contributed by atoms with Crippen LogP contribution in [0.25, 0.3) is 0 Å². The number of hydrogen-bond acceptors (Lipinski definition) is 3. The molecule has 2 aromatic rings. The molecule has 2 aromatic carbocycles. The van der Waals surface area contributed by atoms with E-state index in [-0.39, 0.29) is 11.8 Å². The second-order valence-corrected chi connectivity index (χ2v) is 7.20. The van der Waals surface area contributed by atoms with Gasteiger partial charge in [0.15, 0.2) is 6.10 Å². The molecular weight excluding hydrogens is 396 g/mol. The number of ether oxygens (including phenoxy) is 1. The van der Waals surface area contributed by atoms with Crippen molar-refractivity contribution in [1.29, 1.82) is 0 Å². The summed E-state index contributed by atoms with van der Waals surface area (Å²) in [4.78, 5) is 26.3. The van der Waals surface area contributed by atoms with Crippen LogP contribution in [0.15, 0.2) is 46.9 Å². The van der Waals surface area contributed by atoms with E-state index in [0.717, 1.165) is 22.1 Å². The summed E-state index contributed by atoms with van der Waals surface area (Å²) in [6.45, 7) is 4.36. The number of amides is 2. The van der Waals surface area contributed by atoms with Gasteiger partial charge in [0.05, 0.1) is 15.8 Å². The van der Waals surface area contributed by atoms with Crippen molar-refractivity contribution in [1.82, 2.24) is 0 Å². The van der Waals surface area contributed by atoms with Crippen LogP contribution >= 0.6 is 15.9 Å². The van der Waals surface area contributed by atoms with Gasteiger partial charge in [0, 0.05) is 13.0 Å². The van der Waals surface area contributed by atoms with Gasteiger partial charge >= 0.3 is 0 Å². The topological polar surface area (TPSA) is 58.6 Å². The molecule has 1 N–H and O–H groups in total. The Kier molecular flexibility index (Phi) is 5.61. The van der Waals surface area contributed by atoms with E-state index in [9.17, 15) is 9.59 Å². The number of anilines is 2. The molecule has 1 atom stereocenters. The molecule has 136 valence electrons. The van der Waals surface area contributed by atoms with Crippen molar-refractivity contribution in [3.05, 3.63) is 52.5 Å². The number of nitrogens with zero attached hydrogens (tertiary/aromatic N) is 1. The molecule has 0 radical (unpaired) electrons. The fraction of sp³-hybridized carbons (Fsp3) is 0.300. The molecule has 0 unspecified atom stereocenters. The predicted molar refractivity (Wildman–Crippen MR) is 106 cm³/mol. The number of hydrogen-bond donors (Lipinski definition) is 1. The Bertz CT molecular complexity index is 838. The van der Waals surface area contributed by atoms with Crippen molar-refractivity contribution in [2.24, 2.45) is 0 Å². The summed E-state index contributed by atoms with van der Waals surface area (Å²) in [5.41, 5.74) is 2.45. The van der Waals surface area contributed by atoms with Crippen molar-refractivity contribution in [3.63, 3.8) is 0 Å². The normalized spacial score (nSPS) is 15.0. The molecule has 1 saturated heterocycles. The van der Waals surface area contributed by atoms with Crippen LogP contribution in [0.1, 0.15) is 25.3 Å². The lowest BCUT2D eigenvalue weighted by Crippen LogP contribution is -2.32. The molecule has 1 aliphatic heterocycles. The van der Waals surface area contributed by atoms with E-state index in [1.54, 1.807) is 17.9 Å². The Morgan fingerprint density at radius 1 is 1.27 bits per heavy atom. The van der Waals surface area contributed by atoms with Gasteiger partial charge in [0.2, 0.25) is 5.91 Å². The molecular formula is C20H21BrN2O3. The number of rotatable bonds is 5. The second kappa shape index (κ2) is 7.91. The Hall–Kier alpha value is -2.34. The standard InChI is InChI=1S/C20H21BrN2O3/c1-13-9-10-18(15(21)12-13)26-14(2)20(25)22-16-6-3-4-7-17(16)23-11-5-8-19(23)24/h3-4,6-7,9-10,12,14H,5,8,11H2,1-2H3,(H,22,25)/t14-/m0/s1. The minimum Gasteiger partial charge on any atom is -0.480 e. The summed E-state index contributed by atoms with van der Waals surface area (Å²) in [6, 6.07) is 13.0. The fourth-order valence-electron chi connectivity index (χ4n) is 2.90. The predicted octanol–water partition coefficient (Wildman–Crippen LogP) is 4.29. The lowest BCUT2D eigenvalue weighted by Gasteiger charge is -2.21. The summed E-state index contributed by atoms with van der Waals surface area (Å²) in [7, 11) is 0. The lowest BCUT2D eigenvalue weighted by molar-refractivity contribution is -0.122. The largest absolute Gasteiger partial charge is 0.480 e. The van der Waals surface area contributed by atoms with E-state index in [2.05, 4.69) is 21.2 Å². The van der Waals surface area contributed by atoms with Crippen LogP contribution in [0.4, 0.5) is 11.4 Å². The van der Waals surface area contributed by atoms with E-state index in [1.807, 2.05) is 43.3 Å². The second-order valence-electron chi connectivity index (χ2n) is 6.35. The Balaban J connectivity index is 1.72. The van der Waals surface area contributed by atoms with Crippen LogP contribution < -0.4 is 15.0 Å². The van der Waals surface area contributed by atoms with Crippen molar-refractivity contribution in [2.75, 3.05) is 16.8 Å². The van der Waals surface area contributed by atoms with Gasteiger partial charge in [-0.25, -0.2) is 0 Å². The first-order chi connectivity index (χ1) is 12.5. The third kappa shape index (κ3) is 4.07. The van der Waals surface area contributed by atoms with Gasteiger partial charge in [0.25, 0.3) is 5.91 Å². The molecule has 1 heterocycles. The molecule has 1 aliphatic rings. The minimum absolute atomic E-state index is 0.0829. The summed E-state index contributed by atoms with van der Waals surface area (Å²) >= 11 is 3.45. The minimum atomic E-state index is -0.684. The summed E-state index contributed by atoms with van der Waals surface area (Å²) in [5.74, 6) is 0.428. The molecule has 3 rings (SSSR count). The fourth-order valence-corrected chi connectivity index (χ4v) is 3.48. The van der Waals surface area contributed by atoms with E-state index >= 15 is 0 Å². The Labute approximate surface area is 161 Å². The van der Waals surface area contributed by atoms with E-state index < -0.39 is 6.10 Å². The molecule has 5 nitrogen and oxygen atoms in total. The van der Waals surface area contributed by atoms with Gasteiger partial charge in [-0.3, -0.25) is 9.59 Å². The molecule has 26 heavy (non-hydrogen) atoms. The van der Waals surface area contributed by atoms with Gasteiger partial charge in [-0.1, -0.05) is 18.2 Å². The van der Waals surface area contributed by atoms with Crippen LogP contribution in [0, 0.1) is 6.92 Å². The van der Waals surface area contributed by atoms with Gasteiger partial charge < -0.3 is 15.0 Å². The van der Waals surface area contributed by atoms with Crippen molar-refractivity contribution >= 4 is 39.1 Å². The SMILES string of the molecule is Cc1ccc(O[C@@H](C)C(=O)Nc2ccccc2N2CCCC2=O)c(Br)c1. The van der Waals surface area contributed by atoms with Crippen LogP contribution in [-0.4, -0.2) is 24.5 Å². The number of halogens is 1. The zero-order valence-electron chi connectivity index (χ0n) is 14.8. The van der Waals surface area contributed by atoms with Crippen molar-refractivity contribution in [2.45, 2.75) is 32.8 Å². The maximum atomic E-state index is 12.6. The van der Waals surface area contributed by atoms with Crippen LogP contribution in [0.2, 0.25) is 0 Å². The maximum absolute atomic E-state index is 12.6. The van der Waals surface area contributed by atoms with Crippen LogP contribution in [0.5, 0.6) is 5.75 Å². The first-order valence-electron chi connectivity index (χ1n) is 8.59. The van der Waals surface area contributed by atoms with E-state index in [1.165, 1.54) is 0 Å². The molecule has 0 aromatic heterocycles. The number of aryl methyl sites for hydroxylation is 1. The summed E-state index contributed by atoms with van der Waals surface area (Å²) in [5, 5.41) is 2.89. The number of benzene rings is 2. The van der Waals surface area contributed by atoms with Crippen LogP contribution in [0.3, 0.4) is 0 Å². The smallest absolute Gasteiger partial charge is 0.265 e. The number of carbonyl (C=O) groups is 2. The van der Waals surface area contributed by atoms with Gasteiger partial charge in [-0.2, -0.15) is 0 Å². The average molecular weight is 417 g/mol. The first kappa shape index (κ1) is 18.5. The summed E-state index contributed by atoms with van der Waals surface area (Å²) in [6.07, 6.45) is 0.696. The highest BCUT2D eigenvalue weighted by Crippen LogP contribution is 2.30. The number of nitrogens with one attached hydrogen (secondary N) is 1. The highest BCUT2D eigenvalue weighted by Gasteiger charge is 2.25. The molecule has 0 spiro atoms. The van der Waals surface area contributed by atoms with Gasteiger partial charge in [-0.05, 0) is 66.0 Å². The molecule has 1 fully saturated rings. The van der Waals surface area contributed by atoms with E-state index in [4.69, 9.17) is 4.74 Å². The Morgan fingerprint density at radius 2 is 2.04 bits per heavy atom. The first-order valence-corrected chi connectivity index (χ1v) is 9.38. The molecule has 0 bridgehead atoms.